The van der Waals surface area contributed by atoms with Crippen molar-refractivity contribution in [2.24, 2.45) is 0 Å². The molecule has 0 aliphatic carbocycles. The van der Waals surface area contributed by atoms with Gasteiger partial charge >= 0.3 is 0 Å². The van der Waals surface area contributed by atoms with E-state index in [1.165, 1.54) is 12.0 Å². The summed E-state index contributed by atoms with van der Waals surface area (Å²) in [5.41, 5.74) is 0.570. The number of unbranched alkanes of at least 4 members (excludes halogenated alkanes) is 1. The Bertz CT molecular complexity index is 646. The third-order valence-electron chi connectivity index (χ3n) is 3.14. The Hall–Kier alpha value is -1.17. The van der Waals surface area contributed by atoms with E-state index in [1.54, 1.807) is 18.2 Å². The van der Waals surface area contributed by atoms with Crippen molar-refractivity contribution < 1.29 is 14.3 Å². The molecule has 1 aliphatic rings. The summed E-state index contributed by atoms with van der Waals surface area (Å²) in [7, 11) is 1.49. The lowest BCUT2D eigenvalue weighted by Gasteiger charge is -2.11. The van der Waals surface area contributed by atoms with Crippen molar-refractivity contribution in [2.45, 2.75) is 19.8 Å². The van der Waals surface area contributed by atoms with E-state index in [4.69, 9.17) is 27.9 Å². The number of nitrogens with zero attached hydrogens (tertiary/aromatic N) is 1. The fourth-order valence-corrected chi connectivity index (χ4v) is 3.50. The van der Waals surface area contributed by atoms with Gasteiger partial charge in [0.1, 0.15) is 5.75 Å². The van der Waals surface area contributed by atoms with Crippen LogP contribution in [0, 0.1) is 0 Å². The van der Waals surface area contributed by atoms with Crippen LogP contribution in [0.2, 0.25) is 10.0 Å². The van der Waals surface area contributed by atoms with Crippen LogP contribution >= 0.6 is 35.0 Å². The number of ether oxygens (including phenoxy) is 1. The van der Waals surface area contributed by atoms with Gasteiger partial charge in [-0.15, -0.1) is 0 Å². The van der Waals surface area contributed by atoms with E-state index in [0.717, 1.165) is 24.6 Å². The molecular weight excluding hydrogens is 345 g/mol. The highest BCUT2D eigenvalue weighted by Crippen LogP contribution is 2.37. The first-order valence-electron chi connectivity index (χ1n) is 6.76. The molecule has 22 heavy (non-hydrogen) atoms. The van der Waals surface area contributed by atoms with Crippen LogP contribution in [0.5, 0.6) is 5.75 Å². The molecule has 0 N–H and O–H groups in total. The predicted molar refractivity (Wildman–Crippen MR) is 90.6 cm³/mol. The van der Waals surface area contributed by atoms with Crippen LogP contribution in [0.25, 0.3) is 6.08 Å². The Kier molecular flexibility index (Phi) is 5.78. The minimum Gasteiger partial charge on any atom is -0.495 e. The van der Waals surface area contributed by atoms with Crippen molar-refractivity contribution in [1.29, 1.82) is 0 Å². The Morgan fingerprint density at radius 1 is 1.32 bits per heavy atom. The summed E-state index contributed by atoms with van der Waals surface area (Å²) >= 11 is 13.0. The number of thioether (sulfide) groups is 1. The third-order valence-corrected chi connectivity index (χ3v) is 4.54. The number of hydrogen-bond donors (Lipinski definition) is 0. The highest BCUT2D eigenvalue weighted by Gasteiger charge is 2.34. The fourth-order valence-electron chi connectivity index (χ4n) is 2.05. The van der Waals surface area contributed by atoms with Gasteiger partial charge in [-0.05, 0) is 36.4 Å². The molecule has 118 valence electrons. The maximum atomic E-state index is 12.3. The van der Waals surface area contributed by atoms with Gasteiger partial charge in [0.25, 0.3) is 11.1 Å². The molecule has 1 heterocycles. The third kappa shape index (κ3) is 3.59. The lowest BCUT2D eigenvalue weighted by molar-refractivity contribution is -0.122. The molecule has 1 saturated heterocycles. The largest absolute Gasteiger partial charge is 0.495 e. The van der Waals surface area contributed by atoms with Crippen LogP contribution in [-0.4, -0.2) is 29.7 Å². The van der Waals surface area contributed by atoms with E-state index in [0.29, 0.717) is 32.8 Å². The summed E-state index contributed by atoms with van der Waals surface area (Å²) in [6.45, 7) is 2.44. The molecule has 2 amide bonds. The van der Waals surface area contributed by atoms with Crippen molar-refractivity contribution in [2.75, 3.05) is 13.7 Å². The van der Waals surface area contributed by atoms with Crippen molar-refractivity contribution >= 4 is 52.2 Å². The molecule has 0 aromatic heterocycles. The first-order chi connectivity index (χ1) is 10.5. The van der Waals surface area contributed by atoms with Crippen molar-refractivity contribution in [1.82, 2.24) is 4.90 Å². The minimum absolute atomic E-state index is 0.253. The Morgan fingerprint density at radius 3 is 2.68 bits per heavy atom. The number of carbonyl (C=O) groups is 2. The second kappa shape index (κ2) is 7.40. The van der Waals surface area contributed by atoms with Gasteiger partial charge in [0, 0.05) is 17.1 Å². The van der Waals surface area contributed by atoms with Gasteiger partial charge in [0.15, 0.2) is 0 Å². The van der Waals surface area contributed by atoms with E-state index >= 15 is 0 Å². The average molecular weight is 360 g/mol. The van der Waals surface area contributed by atoms with Crippen LogP contribution in [0.15, 0.2) is 17.0 Å². The maximum absolute atomic E-state index is 12.3. The van der Waals surface area contributed by atoms with Gasteiger partial charge < -0.3 is 4.74 Å². The molecule has 0 saturated carbocycles. The van der Waals surface area contributed by atoms with Crippen molar-refractivity contribution in [3.63, 3.8) is 0 Å². The Balaban J connectivity index is 2.35. The zero-order valence-corrected chi connectivity index (χ0v) is 14.5. The molecule has 2 rings (SSSR count). The van der Waals surface area contributed by atoms with Gasteiger partial charge in [-0.25, -0.2) is 0 Å². The highest BCUT2D eigenvalue weighted by atomic mass is 35.5. The zero-order valence-electron chi connectivity index (χ0n) is 12.2. The minimum atomic E-state index is -0.290. The van der Waals surface area contributed by atoms with Crippen LogP contribution in [0.1, 0.15) is 25.3 Å². The second-order valence-corrected chi connectivity index (χ2v) is 6.53. The molecule has 1 aromatic carbocycles. The van der Waals surface area contributed by atoms with Crippen LogP contribution in [0.4, 0.5) is 4.79 Å². The van der Waals surface area contributed by atoms with E-state index in [9.17, 15) is 9.59 Å². The normalized spacial score (nSPS) is 16.7. The fraction of sp³-hybridized carbons (Fsp3) is 0.333. The van der Waals surface area contributed by atoms with Gasteiger partial charge in [-0.1, -0.05) is 36.5 Å². The lowest BCUT2D eigenvalue weighted by Crippen LogP contribution is -2.29. The second-order valence-electron chi connectivity index (χ2n) is 4.70. The van der Waals surface area contributed by atoms with Crippen molar-refractivity contribution in [3.8, 4) is 5.75 Å². The quantitative estimate of drug-likeness (QED) is 0.705. The molecule has 1 aromatic rings. The number of carbonyl (C=O) groups excluding carboxylic acids is 2. The maximum Gasteiger partial charge on any atom is 0.293 e. The van der Waals surface area contributed by atoms with Crippen LogP contribution in [-0.2, 0) is 4.79 Å². The van der Waals surface area contributed by atoms with Gasteiger partial charge in [0.05, 0.1) is 17.0 Å². The molecule has 1 fully saturated rings. The van der Waals surface area contributed by atoms with Gasteiger partial charge in [0.2, 0.25) is 0 Å². The smallest absolute Gasteiger partial charge is 0.293 e. The number of amides is 2. The lowest BCUT2D eigenvalue weighted by atomic mass is 10.1. The SMILES string of the molecule is CCCCN1C(=O)SC(=Cc2cc(Cl)cc(Cl)c2OC)C1=O. The zero-order chi connectivity index (χ0) is 16.3. The van der Waals surface area contributed by atoms with Gasteiger partial charge in [-0.3, -0.25) is 14.5 Å². The van der Waals surface area contributed by atoms with Crippen LogP contribution in [0.3, 0.4) is 0 Å². The first-order valence-corrected chi connectivity index (χ1v) is 8.33. The number of imide groups is 1. The monoisotopic (exact) mass is 359 g/mol. The predicted octanol–water partition coefficient (Wildman–Crippen LogP) is 4.84. The standard InChI is InChI=1S/C15H15Cl2NO3S/c1-3-4-5-18-14(19)12(22-15(18)20)7-9-6-10(16)8-11(17)13(9)21-2/h6-8H,3-5H2,1-2H3. The summed E-state index contributed by atoms with van der Waals surface area (Å²) in [5.74, 6) is 0.132. The van der Waals surface area contributed by atoms with E-state index in [2.05, 4.69) is 0 Å². The highest BCUT2D eigenvalue weighted by molar-refractivity contribution is 8.18. The summed E-state index contributed by atoms with van der Waals surface area (Å²) < 4.78 is 5.24. The number of rotatable bonds is 5. The molecular formula is C15H15Cl2NO3S. The molecule has 0 spiro atoms. The molecule has 7 heteroatoms. The van der Waals surface area contributed by atoms with E-state index in [1.807, 2.05) is 6.92 Å². The molecule has 0 unspecified atom stereocenters. The molecule has 0 atom stereocenters. The topological polar surface area (TPSA) is 46.6 Å². The summed E-state index contributed by atoms with van der Waals surface area (Å²) in [6, 6.07) is 3.21. The molecule has 4 nitrogen and oxygen atoms in total. The molecule has 0 radical (unpaired) electrons. The Morgan fingerprint density at radius 2 is 2.05 bits per heavy atom. The van der Waals surface area contributed by atoms with Crippen LogP contribution < -0.4 is 4.74 Å². The number of hydrogen-bond acceptors (Lipinski definition) is 4. The molecule has 1 aliphatic heterocycles. The van der Waals surface area contributed by atoms with Gasteiger partial charge in [-0.2, -0.15) is 0 Å². The summed E-state index contributed by atoms with van der Waals surface area (Å²) in [6.07, 6.45) is 3.30. The number of benzene rings is 1. The van der Waals surface area contributed by atoms with E-state index < -0.39 is 0 Å². The number of halogens is 2. The average Bonchev–Trinajstić information content (AvgIpc) is 2.71. The van der Waals surface area contributed by atoms with E-state index in [-0.39, 0.29) is 11.1 Å². The molecule has 0 bridgehead atoms. The summed E-state index contributed by atoms with van der Waals surface area (Å²) in [5, 5.41) is 0.533. The number of methoxy groups -OCH3 is 1. The first kappa shape index (κ1) is 17.2. The Labute approximate surface area is 143 Å². The van der Waals surface area contributed by atoms with Crippen molar-refractivity contribution in [3.05, 3.63) is 32.6 Å². The summed E-state index contributed by atoms with van der Waals surface area (Å²) in [4.78, 5) is 25.8.